The molecule has 1 nitrogen and oxygen atoms in total. The molecule has 0 radical (unpaired) electrons. The first-order valence-electron chi connectivity index (χ1n) is 5.98. The summed E-state index contributed by atoms with van der Waals surface area (Å²) in [5.74, 6) is 0. The van der Waals surface area contributed by atoms with Crippen LogP contribution in [0.2, 0.25) is 5.02 Å². The Morgan fingerprint density at radius 2 is 1.84 bits per heavy atom. The van der Waals surface area contributed by atoms with Crippen LogP contribution in [-0.2, 0) is 6.42 Å². The minimum absolute atomic E-state index is 0.220. The molecule has 3 rings (SSSR count). The van der Waals surface area contributed by atoms with E-state index in [4.69, 9.17) is 11.6 Å². The van der Waals surface area contributed by atoms with Gasteiger partial charge in [0.2, 0.25) is 0 Å². The second kappa shape index (κ2) is 4.82. The number of fused-ring (bicyclic) bond motifs is 1. The average molecular weight is 295 g/mol. The summed E-state index contributed by atoms with van der Waals surface area (Å²) < 4.78 is 15.0. The van der Waals surface area contributed by atoms with Gasteiger partial charge in [-0.3, -0.25) is 0 Å². The first-order chi connectivity index (χ1) is 9.08. The highest BCUT2D eigenvalue weighted by Crippen LogP contribution is 2.51. The average Bonchev–Trinajstić information content (AvgIpc) is 2.65. The highest BCUT2D eigenvalue weighted by atomic mass is 35.5. The molecule has 0 spiro atoms. The van der Waals surface area contributed by atoms with Gasteiger partial charge >= 0.3 is 0 Å². The molecule has 2 atom stereocenters. The first kappa shape index (κ1) is 13.0. The Balaban J connectivity index is 1.88. The second-order valence-corrected chi connectivity index (χ2v) is 6.41. The Kier molecular flexibility index (Phi) is 3.29. The molecule has 2 aromatic carbocycles. The lowest BCUT2D eigenvalue weighted by atomic mass is 10.1. The van der Waals surface area contributed by atoms with Crippen LogP contribution in [-0.4, -0.2) is 10.1 Å². The zero-order valence-corrected chi connectivity index (χ0v) is 11.6. The number of rotatable bonds is 2. The summed E-state index contributed by atoms with van der Waals surface area (Å²) in [4.78, 5) is 0.763. The van der Waals surface area contributed by atoms with Crippen molar-refractivity contribution in [2.75, 3.05) is 0 Å². The number of benzene rings is 2. The predicted octanol–water partition coefficient (Wildman–Crippen LogP) is 4.39. The van der Waals surface area contributed by atoms with E-state index in [0.29, 0.717) is 10.6 Å². The summed E-state index contributed by atoms with van der Waals surface area (Å²) in [6, 6.07) is 14.3. The van der Waals surface area contributed by atoms with Crippen molar-refractivity contribution < 1.29 is 9.50 Å². The lowest BCUT2D eigenvalue weighted by molar-refractivity contribution is 0.0695. The van der Waals surface area contributed by atoms with Crippen LogP contribution in [0.1, 0.15) is 17.2 Å². The minimum atomic E-state index is -1.71. The fraction of sp³-hybridized carbons (Fsp3) is 0.200. The number of hydrogen-bond donors (Lipinski definition) is 1. The van der Waals surface area contributed by atoms with Gasteiger partial charge in [-0.1, -0.05) is 47.6 Å². The maximum Gasteiger partial charge on any atom is 0.194 e. The molecule has 19 heavy (non-hydrogen) atoms. The Labute approximate surface area is 120 Å². The molecule has 2 unspecified atom stereocenters. The molecule has 1 N–H and O–H groups in total. The number of hydrogen-bond acceptors (Lipinski definition) is 2. The van der Waals surface area contributed by atoms with Gasteiger partial charge in [0.1, 0.15) is 6.10 Å². The fourth-order valence-corrected chi connectivity index (χ4v) is 3.60. The van der Waals surface area contributed by atoms with Crippen LogP contribution in [0.3, 0.4) is 0 Å². The van der Waals surface area contributed by atoms with Crippen molar-refractivity contribution in [1.29, 1.82) is 0 Å². The molecule has 0 saturated carbocycles. The molecule has 98 valence electrons. The zero-order valence-electron chi connectivity index (χ0n) is 10.0. The van der Waals surface area contributed by atoms with Crippen molar-refractivity contribution in [3.63, 3.8) is 0 Å². The highest BCUT2D eigenvalue weighted by molar-refractivity contribution is 8.00. The standard InChI is InChI=1S/C15H12ClFOS/c16-11-5-7-12(8-6-11)19-15(17)9-10-3-1-2-4-13(10)14(15)18/h1-8,14,18H,9H2. The molecule has 1 aliphatic carbocycles. The number of halogens is 2. The van der Waals surface area contributed by atoms with Gasteiger partial charge in [-0.25, -0.2) is 4.39 Å². The van der Waals surface area contributed by atoms with Crippen molar-refractivity contribution >= 4 is 23.4 Å². The van der Waals surface area contributed by atoms with E-state index in [2.05, 4.69) is 0 Å². The number of aliphatic hydroxyl groups excluding tert-OH is 1. The van der Waals surface area contributed by atoms with Gasteiger partial charge in [0.15, 0.2) is 5.00 Å². The van der Waals surface area contributed by atoms with E-state index in [1.165, 1.54) is 0 Å². The van der Waals surface area contributed by atoms with Crippen LogP contribution in [0.5, 0.6) is 0 Å². The summed E-state index contributed by atoms with van der Waals surface area (Å²) in [5.41, 5.74) is 1.56. The lowest BCUT2D eigenvalue weighted by Crippen LogP contribution is -2.23. The van der Waals surface area contributed by atoms with Gasteiger partial charge in [-0.05, 0) is 35.4 Å². The van der Waals surface area contributed by atoms with Gasteiger partial charge in [0, 0.05) is 16.3 Å². The van der Waals surface area contributed by atoms with E-state index < -0.39 is 11.1 Å². The van der Waals surface area contributed by atoms with Crippen LogP contribution < -0.4 is 0 Å². The van der Waals surface area contributed by atoms with Crippen molar-refractivity contribution in [2.24, 2.45) is 0 Å². The van der Waals surface area contributed by atoms with Gasteiger partial charge in [-0.15, -0.1) is 0 Å². The summed E-state index contributed by atoms with van der Waals surface area (Å²) in [7, 11) is 0. The number of alkyl halides is 1. The van der Waals surface area contributed by atoms with E-state index in [9.17, 15) is 9.50 Å². The van der Waals surface area contributed by atoms with Gasteiger partial charge in [0.25, 0.3) is 0 Å². The third kappa shape index (κ3) is 2.38. The molecule has 0 heterocycles. The van der Waals surface area contributed by atoms with Crippen molar-refractivity contribution in [1.82, 2.24) is 0 Å². The molecule has 4 heteroatoms. The summed E-state index contributed by atoms with van der Waals surface area (Å²) in [6.45, 7) is 0. The molecular weight excluding hydrogens is 283 g/mol. The first-order valence-corrected chi connectivity index (χ1v) is 7.17. The van der Waals surface area contributed by atoms with Crippen molar-refractivity contribution in [3.8, 4) is 0 Å². The van der Waals surface area contributed by atoms with Gasteiger partial charge in [0.05, 0.1) is 0 Å². The fourth-order valence-electron chi connectivity index (χ4n) is 2.34. The molecule has 2 aromatic rings. The molecule has 0 fully saturated rings. The predicted molar refractivity (Wildman–Crippen MR) is 76.3 cm³/mol. The molecule has 0 saturated heterocycles. The number of aliphatic hydroxyl groups is 1. The maximum absolute atomic E-state index is 15.0. The smallest absolute Gasteiger partial charge is 0.194 e. The van der Waals surface area contributed by atoms with E-state index in [1.54, 1.807) is 30.3 Å². The summed E-state index contributed by atoms with van der Waals surface area (Å²) in [5, 5.41) is 9.10. The lowest BCUT2D eigenvalue weighted by Gasteiger charge is -2.23. The Morgan fingerprint density at radius 1 is 1.16 bits per heavy atom. The zero-order chi connectivity index (χ0) is 13.5. The van der Waals surface area contributed by atoms with Crippen LogP contribution in [0.15, 0.2) is 53.4 Å². The minimum Gasteiger partial charge on any atom is -0.384 e. The highest BCUT2D eigenvalue weighted by Gasteiger charge is 2.46. The van der Waals surface area contributed by atoms with E-state index in [1.807, 2.05) is 18.2 Å². The Morgan fingerprint density at radius 3 is 2.53 bits per heavy atom. The Hall–Kier alpha value is -1.03. The largest absolute Gasteiger partial charge is 0.384 e. The van der Waals surface area contributed by atoms with E-state index in [0.717, 1.165) is 22.2 Å². The molecular formula is C15H12ClFOS. The summed E-state index contributed by atoms with van der Waals surface area (Å²) >= 11 is 6.86. The molecule has 0 aliphatic heterocycles. The third-order valence-electron chi connectivity index (χ3n) is 3.29. The van der Waals surface area contributed by atoms with Gasteiger partial charge < -0.3 is 5.11 Å². The number of thioether (sulfide) groups is 1. The monoisotopic (exact) mass is 294 g/mol. The molecule has 0 bridgehead atoms. The van der Waals surface area contributed by atoms with Crippen LogP contribution in [0.25, 0.3) is 0 Å². The van der Waals surface area contributed by atoms with Crippen molar-refractivity contribution in [3.05, 3.63) is 64.7 Å². The SMILES string of the molecule is OC1c2ccccc2CC1(F)Sc1ccc(Cl)cc1. The molecule has 1 aliphatic rings. The van der Waals surface area contributed by atoms with E-state index in [-0.39, 0.29) is 6.42 Å². The molecule has 0 amide bonds. The normalized spacial score (nSPS) is 25.3. The van der Waals surface area contributed by atoms with E-state index >= 15 is 0 Å². The summed E-state index contributed by atoms with van der Waals surface area (Å²) in [6.07, 6.45) is -0.873. The second-order valence-electron chi connectivity index (χ2n) is 4.62. The third-order valence-corrected chi connectivity index (χ3v) is 4.76. The van der Waals surface area contributed by atoms with Crippen molar-refractivity contribution in [2.45, 2.75) is 22.4 Å². The maximum atomic E-state index is 15.0. The topological polar surface area (TPSA) is 20.2 Å². The quantitative estimate of drug-likeness (QED) is 0.886. The van der Waals surface area contributed by atoms with Crippen LogP contribution >= 0.6 is 23.4 Å². The molecule has 0 aromatic heterocycles. The van der Waals surface area contributed by atoms with Gasteiger partial charge in [-0.2, -0.15) is 0 Å². The van der Waals surface area contributed by atoms with Crippen LogP contribution in [0, 0.1) is 0 Å². The Bertz CT molecular complexity index is 601. The van der Waals surface area contributed by atoms with Crippen LogP contribution in [0.4, 0.5) is 4.39 Å².